The average molecular weight is 316 g/mol. The number of nitrogens with zero attached hydrogens (tertiary/aromatic N) is 2. The van der Waals surface area contributed by atoms with Crippen molar-refractivity contribution in [2.45, 2.75) is 39.7 Å². The highest BCUT2D eigenvalue weighted by atomic mass is 15.2. The molecule has 1 aliphatic heterocycles. The van der Waals surface area contributed by atoms with Gasteiger partial charge in [-0.05, 0) is 44.3 Å². The predicted molar refractivity (Wildman–Crippen MR) is 98.8 cm³/mol. The summed E-state index contributed by atoms with van der Waals surface area (Å²) < 4.78 is 0. The molecule has 2 N–H and O–H groups in total. The highest BCUT2D eigenvalue weighted by Crippen LogP contribution is 2.24. The van der Waals surface area contributed by atoms with Crippen LogP contribution in [0, 0.1) is 5.92 Å². The number of guanidine groups is 1. The van der Waals surface area contributed by atoms with Crippen LogP contribution in [0.2, 0.25) is 0 Å². The summed E-state index contributed by atoms with van der Waals surface area (Å²) in [7, 11) is 0. The molecule has 0 bridgehead atoms. The first kappa shape index (κ1) is 17.8. The van der Waals surface area contributed by atoms with E-state index < -0.39 is 0 Å². The monoisotopic (exact) mass is 316 g/mol. The van der Waals surface area contributed by atoms with Gasteiger partial charge in [0.1, 0.15) is 0 Å². The molecular weight excluding hydrogens is 284 g/mol. The van der Waals surface area contributed by atoms with Gasteiger partial charge in [-0.2, -0.15) is 0 Å². The third-order valence-electron chi connectivity index (χ3n) is 4.19. The van der Waals surface area contributed by atoms with Crippen molar-refractivity contribution in [3.05, 3.63) is 35.9 Å². The van der Waals surface area contributed by atoms with E-state index in [4.69, 9.17) is 0 Å². The predicted octanol–water partition coefficient (Wildman–Crippen LogP) is 3.03. The lowest BCUT2D eigenvalue weighted by Gasteiger charge is -2.29. The van der Waals surface area contributed by atoms with Crippen molar-refractivity contribution in [3.63, 3.8) is 0 Å². The summed E-state index contributed by atoms with van der Waals surface area (Å²) >= 11 is 0. The molecule has 1 saturated heterocycles. The van der Waals surface area contributed by atoms with Crippen LogP contribution in [0.25, 0.3) is 0 Å². The number of aliphatic imine (C=N–C) groups is 1. The van der Waals surface area contributed by atoms with Crippen molar-refractivity contribution in [3.8, 4) is 0 Å². The molecule has 0 saturated carbocycles. The van der Waals surface area contributed by atoms with E-state index in [0.717, 1.165) is 25.6 Å². The zero-order valence-corrected chi connectivity index (χ0v) is 14.9. The van der Waals surface area contributed by atoms with Gasteiger partial charge in [-0.1, -0.05) is 44.2 Å². The highest BCUT2D eigenvalue weighted by molar-refractivity contribution is 5.79. The summed E-state index contributed by atoms with van der Waals surface area (Å²) in [6, 6.07) is 11.3. The van der Waals surface area contributed by atoms with Gasteiger partial charge in [0.2, 0.25) is 0 Å². The number of hydrogen-bond acceptors (Lipinski definition) is 2. The molecule has 0 spiro atoms. The van der Waals surface area contributed by atoms with E-state index in [-0.39, 0.29) is 0 Å². The Labute approximate surface area is 141 Å². The van der Waals surface area contributed by atoms with Gasteiger partial charge in [-0.15, -0.1) is 0 Å². The fourth-order valence-corrected chi connectivity index (χ4v) is 3.00. The Morgan fingerprint density at radius 3 is 2.43 bits per heavy atom. The number of hydrogen-bond donors (Lipinski definition) is 2. The lowest BCUT2D eigenvalue weighted by atomic mass is 10.1. The average Bonchev–Trinajstić information content (AvgIpc) is 3.08. The quantitative estimate of drug-likeness (QED) is 0.600. The van der Waals surface area contributed by atoms with Crippen LogP contribution < -0.4 is 10.6 Å². The maximum absolute atomic E-state index is 4.68. The summed E-state index contributed by atoms with van der Waals surface area (Å²) in [5.74, 6) is 1.51. The highest BCUT2D eigenvalue weighted by Gasteiger charge is 2.23. The van der Waals surface area contributed by atoms with Gasteiger partial charge in [0, 0.05) is 19.6 Å². The maximum Gasteiger partial charge on any atom is 0.191 e. The molecule has 1 aromatic carbocycles. The maximum atomic E-state index is 4.68. The number of benzene rings is 1. The Bertz CT molecular complexity index is 464. The Hall–Kier alpha value is -1.55. The Morgan fingerprint density at radius 1 is 1.13 bits per heavy atom. The summed E-state index contributed by atoms with van der Waals surface area (Å²) in [6.45, 7) is 11.5. The van der Waals surface area contributed by atoms with E-state index in [0.29, 0.717) is 12.0 Å². The van der Waals surface area contributed by atoms with Gasteiger partial charge in [-0.25, -0.2) is 0 Å². The minimum Gasteiger partial charge on any atom is -0.357 e. The van der Waals surface area contributed by atoms with Crippen LogP contribution >= 0.6 is 0 Å². The molecule has 1 unspecified atom stereocenters. The second-order valence-electron chi connectivity index (χ2n) is 6.66. The largest absolute Gasteiger partial charge is 0.357 e. The molecular formula is C19H32N4. The third-order valence-corrected chi connectivity index (χ3v) is 4.19. The molecule has 0 aliphatic carbocycles. The standard InChI is InChI=1S/C19H32N4/c1-4-20-19(21-14-16(2)3)22-15-18(23-12-8-9-13-23)17-10-6-5-7-11-17/h5-7,10-11,16,18H,4,8-9,12-15H2,1-3H3,(H2,20,21,22). The second kappa shape index (κ2) is 9.56. The number of rotatable bonds is 7. The fraction of sp³-hybridized carbons (Fsp3) is 0.632. The summed E-state index contributed by atoms with van der Waals surface area (Å²) in [5, 5.41) is 6.90. The molecule has 0 amide bonds. The zero-order valence-electron chi connectivity index (χ0n) is 14.9. The van der Waals surface area contributed by atoms with Gasteiger partial charge >= 0.3 is 0 Å². The Kier molecular flexibility index (Phi) is 7.40. The minimum absolute atomic E-state index is 0.418. The SMILES string of the molecule is CCNC(=NCC(C)C)NCC(c1ccccc1)N1CCCC1. The Morgan fingerprint density at radius 2 is 1.83 bits per heavy atom. The molecule has 1 fully saturated rings. The smallest absolute Gasteiger partial charge is 0.191 e. The lowest BCUT2D eigenvalue weighted by molar-refractivity contribution is 0.245. The molecule has 2 rings (SSSR count). The van der Waals surface area contributed by atoms with Crippen molar-refractivity contribution < 1.29 is 0 Å². The van der Waals surface area contributed by atoms with Crippen molar-refractivity contribution >= 4 is 5.96 Å². The molecule has 23 heavy (non-hydrogen) atoms. The molecule has 1 aliphatic rings. The lowest BCUT2D eigenvalue weighted by Crippen LogP contribution is -2.42. The molecule has 0 radical (unpaired) electrons. The van der Waals surface area contributed by atoms with E-state index in [1.165, 1.54) is 31.5 Å². The van der Waals surface area contributed by atoms with Crippen molar-refractivity contribution in [1.82, 2.24) is 15.5 Å². The number of likely N-dealkylation sites (tertiary alicyclic amines) is 1. The van der Waals surface area contributed by atoms with E-state index in [2.05, 4.69) is 71.6 Å². The topological polar surface area (TPSA) is 39.7 Å². The molecule has 1 atom stereocenters. The van der Waals surface area contributed by atoms with Gasteiger partial charge in [0.05, 0.1) is 6.04 Å². The molecule has 4 nitrogen and oxygen atoms in total. The van der Waals surface area contributed by atoms with Crippen molar-refractivity contribution in [2.24, 2.45) is 10.9 Å². The first-order valence-electron chi connectivity index (χ1n) is 9.02. The normalized spacial score (nSPS) is 17.5. The zero-order chi connectivity index (χ0) is 16.5. The molecule has 1 aromatic rings. The minimum atomic E-state index is 0.418. The molecule has 128 valence electrons. The molecule has 0 aromatic heterocycles. The van der Waals surface area contributed by atoms with Gasteiger partial charge in [-0.3, -0.25) is 9.89 Å². The van der Waals surface area contributed by atoms with Gasteiger partial charge < -0.3 is 10.6 Å². The van der Waals surface area contributed by atoms with E-state index >= 15 is 0 Å². The van der Waals surface area contributed by atoms with E-state index in [1.807, 2.05) is 0 Å². The second-order valence-corrected chi connectivity index (χ2v) is 6.66. The Balaban J connectivity index is 2.03. The van der Waals surface area contributed by atoms with Crippen molar-refractivity contribution in [1.29, 1.82) is 0 Å². The summed E-state index contributed by atoms with van der Waals surface area (Å²) in [4.78, 5) is 7.27. The first-order valence-corrected chi connectivity index (χ1v) is 9.02. The van der Waals surface area contributed by atoms with Crippen LogP contribution in [0.4, 0.5) is 0 Å². The van der Waals surface area contributed by atoms with Crippen molar-refractivity contribution in [2.75, 3.05) is 32.7 Å². The van der Waals surface area contributed by atoms with E-state index in [1.54, 1.807) is 0 Å². The van der Waals surface area contributed by atoms with Gasteiger partial charge in [0.25, 0.3) is 0 Å². The molecule has 1 heterocycles. The van der Waals surface area contributed by atoms with Crippen LogP contribution in [-0.2, 0) is 0 Å². The molecule has 4 heteroatoms. The van der Waals surface area contributed by atoms with Crippen LogP contribution in [0.5, 0.6) is 0 Å². The number of nitrogens with one attached hydrogen (secondary N) is 2. The van der Waals surface area contributed by atoms with E-state index in [9.17, 15) is 0 Å². The van der Waals surface area contributed by atoms with Gasteiger partial charge in [0.15, 0.2) is 5.96 Å². The summed E-state index contributed by atoms with van der Waals surface area (Å²) in [6.07, 6.45) is 2.62. The van der Waals surface area contributed by atoms with Crippen LogP contribution in [-0.4, -0.2) is 43.6 Å². The summed E-state index contributed by atoms with van der Waals surface area (Å²) in [5.41, 5.74) is 1.39. The van der Waals surface area contributed by atoms with Crippen LogP contribution in [0.15, 0.2) is 35.3 Å². The van der Waals surface area contributed by atoms with Crippen LogP contribution in [0.1, 0.15) is 45.2 Å². The van der Waals surface area contributed by atoms with Crippen LogP contribution in [0.3, 0.4) is 0 Å². The first-order chi connectivity index (χ1) is 11.2. The fourth-order valence-electron chi connectivity index (χ4n) is 3.00. The third kappa shape index (κ3) is 5.87.